The normalized spacial score (nSPS) is 11.2. The maximum absolute atomic E-state index is 12.8. The maximum Gasteiger partial charge on any atom is 0.341 e. The molecule has 0 saturated carbocycles. The minimum absolute atomic E-state index is 0.0101. The molecule has 0 fully saturated rings. The predicted octanol–water partition coefficient (Wildman–Crippen LogP) is 4.35. The van der Waals surface area contributed by atoms with Gasteiger partial charge in [-0.3, -0.25) is 0 Å². The Bertz CT molecular complexity index is 1510. The molecule has 4 rings (SSSR count). The number of hydrogen-bond acceptors (Lipinski definition) is 8. The Morgan fingerprint density at radius 3 is 2.43 bits per heavy atom. The Labute approximate surface area is 218 Å². The summed E-state index contributed by atoms with van der Waals surface area (Å²) in [5.41, 5.74) is 1.94. The van der Waals surface area contributed by atoms with E-state index in [4.69, 9.17) is 16.3 Å². The lowest BCUT2D eigenvalue weighted by atomic mass is 10.2. The largest absolute Gasteiger partial charge is 0.507 e. The number of aromatic hydroxyl groups is 1. The number of halogens is 1. The van der Waals surface area contributed by atoms with Gasteiger partial charge in [0.25, 0.3) is 0 Å². The van der Waals surface area contributed by atoms with E-state index in [2.05, 4.69) is 19.4 Å². The summed E-state index contributed by atoms with van der Waals surface area (Å²) in [7, 11) is -2.55. The van der Waals surface area contributed by atoms with Crippen molar-refractivity contribution in [3.8, 4) is 22.9 Å². The van der Waals surface area contributed by atoms with Gasteiger partial charge in [-0.25, -0.2) is 27.9 Å². The molecule has 0 spiro atoms. The van der Waals surface area contributed by atoms with E-state index >= 15 is 0 Å². The summed E-state index contributed by atoms with van der Waals surface area (Å²) in [5.74, 6) is -0.196. The number of ether oxygens (including phenoxy) is 2. The van der Waals surface area contributed by atoms with Gasteiger partial charge in [0.15, 0.2) is 5.82 Å². The van der Waals surface area contributed by atoms with E-state index < -0.39 is 16.0 Å². The molecule has 4 aromatic rings. The van der Waals surface area contributed by atoms with Gasteiger partial charge in [0.1, 0.15) is 23.7 Å². The van der Waals surface area contributed by atoms with Crippen molar-refractivity contribution in [3.05, 3.63) is 101 Å². The number of carbonyl (C=O) groups excluding carboxylic acids is 1. The Balaban J connectivity index is 1.42. The van der Waals surface area contributed by atoms with Crippen LogP contribution in [0.2, 0.25) is 5.02 Å². The fourth-order valence-electron chi connectivity index (χ4n) is 3.29. The predicted molar refractivity (Wildman–Crippen MR) is 137 cm³/mol. The first-order valence-electron chi connectivity index (χ1n) is 10.9. The van der Waals surface area contributed by atoms with Gasteiger partial charge < -0.3 is 14.6 Å². The van der Waals surface area contributed by atoms with Crippen LogP contribution >= 0.6 is 11.6 Å². The average Bonchev–Trinajstić information content (AvgIpc) is 2.92. The van der Waals surface area contributed by atoms with E-state index in [1.54, 1.807) is 48.8 Å². The fraction of sp³-hybridized carbons (Fsp3) is 0.115. The lowest BCUT2D eigenvalue weighted by Crippen LogP contribution is -2.23. The summed E-state index contributed by atoms with van der Waals surface area (Å²) in [6.07, 6.45) is 3.12. The van der Waals surface area contributed by atoms with Crippen molar-refractivity contribution < 1.29 is 27.8 Å². The highest BCUT2D eigenvalue weighted by atomic mass is 35.5. The number of aromatic nitrogens is 2. The first kappa shape index (κ1) is 26.1. The summed E-state index contributed by atoms with van der Waals surface area (Å²) in [5, 5.41) is 10.4. The zero-order valence-electron chi connectivity index (χ0n) is 19.6. The Morgan fingerprint density at radius 1 is 1.00 bits per heavy atom. The molecular weight excluding hydrogens is 518 g/mol. The van der Waals surface area contributed by atoms with E-state index in [1.807, 2.05) is 0 Å². The van der Waals surface area contributed by atoms with Gasteiger partial charge in [0.05, 0.1) is 12.0 Å². The van der Waals surface area contributed by atoms with Crippen molar-refractivity contribution in [3.63, 3.8) is 0 Å². The van der Waals surface area contributed by atoms with E-state index in [1.165, 1.54) is 37.4 Å². The number of sulfonamides is 1. The van der Waals surface area contributed by atoms with Crippen LogP contribution in [0.5, 0.6) is 11.5 Å². The van der Waals surface area contributed by atoms with E-state index in [0.717, 1.165) is 5.56 Å². The molecule has 190 valence electrons. The van der Waals surface area contributed by atoms with Crippen LogP contribution < -0.4 is 9.46 Å². The summed E-state index contributed by atoms with van der Waals surface area (Å²) < 4.78 is 38.5. The van der Waals surface area contributed by atoms with Crippen molar-refractivity contribution in [1.82, 2.24) is 14.7 Å². The monoisotopic (exact) mass is 539 g/mol. The summed E-state index contributed by atoms with van der Waals surface area (Å²) in [4.78, 5) is 20.5. The highest BCUT2D eigenvalue weighted by Gasteiger charge is 2.16. The summed E-state index contributed by atoms with van der Waals surface area (Å²) in [6, 6.07) is 17.5. The lowest BCUT2D eigenvalue weighted by Gasteiger charge is -2.10. The second-order valence-electron chi connectivity index (χ2n) is 7.85. The molecule has 0 saturated heterocycles. The zero-order chi connectivity index (χ0) is 26.4. The minimum atomic E-state index is -3.77. The molecule has 0 aliphatic rings. The molecule has 0 bridgehead atoms. The summed E-state index contributed by atoms with van der Waals surface area (Å²) >= 11 is 5.87. The smallest absolute Gasteiger partial charge is 0.341 e. The Morgan fingerprint density at radius 2 is 1.73 bits per heavy atom. The number of hydrogen-bond donors (Lipinski definition) is 2. The number of benzene rings is 3. The molecule has 1 heterocycles. The van der Waals surface area contributed by atoms with Crippen LogP contribution in [0.15, 0.2) is 84.0 Å². The molecule has 0 aliphatic carbocycles. The third kappa shape index (κ3) is 6.62. The van der Waals surface area contributed by atoms with Crippen LogP contribution in [0, 0.1) is 0 Å². The molecular formula is C26H22ClN3O6S. The van der Waals surface area contributed by atoms with Gasteiger partial charge >= 0.3 is 5.97 Å². The molecule has 11 heteroatoms. The molecule has 2 N–H and O–H groups in total. The number of nitrogens with zero attached hydrogens (tertiary/aromatic N) is 2. The molecule has 0 unspecified atom stereocenters. The van der Waals surface area contributed by atoms with Gasteiger partial charge in [-0.15, -0.1) is 0 Å². The number of carbonyl (C=O) groups is 1. The number of rotatable bonds is 9. The second kappa shape index (κ2) is 11.4. The van der Waals surface area contributed by atoms with Gasteiger partial charge in [-0.2, -0.15) is 0 Å². The van der Waals surface area contributed by atoms with Crippen LogP contribution in [0.1, 0.15) is 21.5 Å². The third-order valence-corrected chi connectivity index (χ3v) is 6.92. The first-order chi connectivity index (χ1) is 17.7. The SMILES string of the molecule is COC(=O)c1cc(OCc2cnc(-c3cccc(S(=O)(=O)NCc4ccc(Cl)cc4)c3)nc2)ccc1O. The van der Waals surface area contributed by atoms with Gasteiger partial charge in [0.2, 0.25) is 10.0 Å². The van der Waals surface area contributed by atoms with Gasteiger partial charge in [0, 0.05) is 35.1 Å². The van der Waals surface area contributed by atoms with Crippen LogP contribution in [0.3, 0.4) is 0 Å². The molecule has 0 amide bonds. The van der Waals surface area contributed by atoms with Crippen LogP contribution in [0.4, 0.5) is 0 Å². The fourth-order valence-corrected chi connectivity index (χ4v) is 4.48. The third-order valence-electron chi connectivity index (χ3n) is 5.27. The van der Waals surface area contributed by atoms with Crippen molar-refractivity contribution in [2.45, 2.75) is 18.0 Å². The van der Waals surface area contributed by atoms with Gasteiger partial charge in [-0.1, -0.05) is 35.9 Å². The number of nitrogens with one attached hydrogen (secondary N) is 1. The molecule has 0 radical (unpaired) electrons. The Hall–Kier alpha value is -3.99. The van der Waals surface area contributed by atoms with Crippen LogP contribution in [0.25, 0.3) is 11.4 Å². The van der Waals surface area contributed by atoms with Crippen molar-refractivity contribution in [2.24, 2.45) is 0 Å². The molecule has 0 atom stereocenters. The standard InChI is InChI=1S/C26H22ClN3O6S/c1-35-26(32)23-12-21(9-10-24(23)31)36-16-18-13-28-25(29-14-18)19-3-2-4-22(11-19)37(33,34)30-15-17-5-7-20(27)8-6-17/h2-14,30-31H,15-16H2,1H3. The molecule has 9 nitrogen and oxygen atoms in total. The highest BCUT2D eigenvalue weighted by molar-refractivity contribution is 7.89. The molecule has 3 aromatic carbocycles. The topological polar surface area (TPSA) is 128 Å². The first-order valence-corrected chi connectivity index (χ1v) is 12.8. The maximum atomic E-state index is 12.8. The molecule has 0 aliphatic heterocycles. The quantitative estimate of drug-likeness (QED) is 0.300. The van der Waals surface area contributed by atoms with Crippen LogP contribution in [-0.2, 0) is 27.9 Å². The highest BCUT2D eigenvalue weighted by Crippen LogP contribution is 2.25. The van der Waals surface area contributed by atoms with E-state index in [9.17, 15) is 18.3 Å². The number of phenols is 1. The van der Waals surface area contributed by atoms with Crippen molar-refractivity contribution in [2.75, 3.05) is 7.11 Å². The number of methoxy groups -OCH3 is 1. The molecule has 1 aromatic heterocycles. The van der Waals surface area contributed by atoms with Crippen LogP contribution in [-0.4, -0.2) is 36.6 Å². The minimum Gasteiger partial charge on any atom is -0.507 e. The number of phenolic OH excluding ortho intramolecular Hbond substituents is 1. The van der Waals surface area contributed by atoms with Crippen molar-refractivity contribution in [1.29, 1.82) is 0 Å². The van der Waals surface area contributed by atoms with Gasteiger partial charge in [-0.05, 0) is 48.0 Å². The molecule has 37 heavy (non-hydrogen) atoms. The summed E-state index contributed by atoms with van der Waals surface area (Å²) in [6.45, 7) is 0.228. The Kier molecular flexibility index (Phi) is 8.02. The van der Waals surface area contributed by atoms with E-state index in [0.29, 0.717) is 27.7 Å². The van der Waals surface area contributed by atoms with E-state index in [-0.39, 0.29) is 29.4 Å². The number of esters is 1. The lowest BCUT2D eigenvalue weighted by molar-refractivity contribution is 0.0597. The average molecular weight is 540 g/mol. The van der Waals surface area contributed by atoms with Crippen molar-refractivity contribution >= 4 is 27.6 Å². The zero-order valence-corrected chi connectivity index (χ0v) is 21.2. The second-order valence-corrected chi connectivity index (χ2v) is 10.1.